The van der Waals surface area contributed by atoms with E-state index < -0.39 is 0 Å². The predicted molar refractivity (Wildman–Crippen MR) is 42.8 cm³/mol. The van der Waals surface area contributed by atoms with Crippen molar-refractivity contribution >= 4 is 6.47 Å². The summed E-state index contributed by atoms with van der Waals surface area (Å²) in [6, 6.07) is 1.93. The van der Waals surface area contributed by atoms with E-state index in [1.54, 1.807) is 0 Å². The van der Waals surface area contributed by atoms with Crippen molar-refractivity contribution in [3.63, 3.8) is 0 Å². The zero-order chi connectivity index (χ0) is 9.11. The molecule has 0 atom stereocenters. The second kappa shape index (κ2) is 11.7. The summed E-state index contributed by atoms with van der Waals surface area (Å²) in [6.45, 7) is 6.80. The van der Waals surface area contributed by atoms with Gasteiger partial charge in [0.25, 0.3) is 6.47 Å². The Kier molecular flexibility index (Phi) is 13.4. The summed E-state index contributed by atoms with van der Waals surface area (Å²) >= 11 is 0. The molecule has 0 heterocycles. The molecule has 0 bridgehead atoms. The van der Waals surface area contributed by atoms with E-state index in [0.29, 0.717) is 25.4 Å². The zero-order valence-corrected chi connectivity index (χ0v) is 7.33. The van der Waals surface area contributed by atoms with Crippen molar-refractivity contribution < 1.29 is 9.53 Å². The highest BCUT2D eigenvalue weighted by Gasteiger charge is 1.88. The van der Waals surface area contributed by atoms with Crippen LogP contribution in [0.1, 0.15) is 27.2 Å². The van der Waals surface area contributed by atoms with Crippen LogP contribution in [0.4, 0.5) is 0 Å². The lowest BCUT2D eigenvalue weighted by molar-refractivity contribution is -0.129. The van der Waals surface area contributed by atoms with Crippen molar-refractivity contribution in [3.05, 3.63) is 0 Å². The van der Waals surface area contributed by atoms with Gasteiger partial charge in [-0.2, -0.15) is 5.26 Å². The molecular weight excluding hydrogens is 142 g/mol. The van der Waals surface area contributed by atoms with Crippen molar-refractivity contribution in [2.75, 3.05) is 6.61 Å². The van der Waals surface area contributed by atoms with Gasteiger partial charge in [-0.1, -0.05) is 20.8 Å². The average molecular weight is 157 g/mol. The quantitative estimate of drug-likeness (QED) is 0.586. The van der Waals surface area contributed by atoms with Gasteiger partial charge in [-0.05, 0) is 5.92 Å². The maximum Gasteiger partial charge on any atom is 0.293 e. The van der Waals surface area contributed by atoms with E-state index in [4.69, 9.17) is 5.26 Å². The number of carbonyl (C=O) groups excluding carboxylic acids is 1. The van der Waals surface area contributed by atoms with E-state index in [-0.39, 0.29) is 0 Å². The number of ether oxygens (including phenoxy) is 1. The highest BCUT2D eigenvalue weighted by Crippen LogP contribution is 1.88. The Bertz CT molecular complexity index is 116. The summed E-state index contributed by atoms with van der Waals surface area (Å²) < 4.78 is 4.41. The number of hydrogen-bond donors (Lipinski definition) is 0. The van der Waals surface area contributed by atoms with Gasteiger partial charge in [0.15, 0.2) is 0 Å². The third-order valence-corrected chi connectivity index (χ3v) is 0.656. The minimum absolute atomic E-state index is 0.449. The number of nitriles is 1. The average Bonchev–Trinajstić information content (AvgIpc) is 2.01. The monoisotopic (exact) mass is 157 g/mol. The van der Waals surface area contributed by atoms with Crippen LogP contribution < -0.4 is 0 Å². The molecule has 0 saturated heterocycles. The number of nitrogens with zero attached hydrogens (tertiary/aromatic N) is 1. The number of hydrogen-bond acceptors (Lipinski definition) is 3. The van der Waals surface area contributed by atoms with Crippen LogP contribution in [-0.4, -0.2) is 13.1 Å². The van der Waals surface area contributed by atoms with Crippen LogP contribution in [0.25, 0.3) is 0 Å². The molecule has 0 aromatic heterocycles. The molecule has 0 aliphatic heterocycles. The van der Waals surface area contributed by atoms with Gasteiger partial charge in [0.05, 0.1) is 12.7 Å². The van der Waals surface area contributed by atoms with Crippen LogP contribution in [0.2, 0.25) is 0 Å². The Labute approximate surface area is 68.0 Å². The molecule has 0 amide bonds. The van der Waals surface area contributed by atoms with Crippen LogP contribution in [-0.2, 0) is 9.53 Å². The van der Waals surface area contributed by atoms with Crippen molar-refractivity contribution in [2.45, 2.75) is 27.2 Å². The lowest BCUT2D eigenvalue weighted by Crippen LogP contribution is -1.98. The van der Waals surface area contributed by atoms with Gasteiger partial charge in [0, 0.05) is 6.42 Å². The van der Waals surface area contributed by atoms with Crippen molar-refractivity contribution in [3.8, 4) is 6.07 Å². The van der Waals surface area contributed by atoms with Crippen molar-refractivity contribution in [1.82, 2.24) is 0 Å². The molecule has 3 heteroatoms. The minimum Gasteiger partial charge on any atom is -0.468 e. The molecule has 0 unspecified atom stereocenters. The van der Waals surface area contributed by atoms with E-state index >= 15 is 0 Å². The van der Waals surface area contributed by atoms with Crippen molar-refractivity contribution in [2.24, 2.45) is 5.92 Å². The van der Waals surface area contributed by atoms with Gasteiger partial charge in [0.1, 0.15) is 0 Å². The standard InChI is InChI=1S/C5H10O2.C3H5N/c1-5(2)3-7-4-6;1-2-3-4/h4-5H,3H2,1-2H3;2H2,1H3. The Morgan fingerprint density at radius 3 is 2.18 bits per heavy atom. The first kappa shape index (κ1) is 12.6. The molecule has 0 radical (unpaired) electrons. The molecule has 0 aliphatic carbocycles. The SMILES string of the molecule is CC(C)COC=O.CCC#N. The number of rotatable bonds is 3. The van der Waals surface area contributed by atoms with Crippen LogP contribution in [0.3, 0.4) is 0 Å². The van der Waals surface area contributed by atoms with Gasteiger partial charge in [-0.3, -0.25) is 4.79 Å². The molecule has 64 valence electrons. The second-order valence-electron chi connectivity index (χ2n) is 2.34. The third kappa shape index (κ3) is 27.7. The van der Waals surface area contributed by atoms with E-state index in [1.165, 1.54) is 0 Å². The van der Waals surface area contributed by atoms with Crippen LogP contribution in [0.15, 0.2) is 0 Å². The fourth-order valence-corrected chi connectivity index (χ4v) is 0.232. The second-order valence-corrected chi connectivity index (χ2v) is 2.34. The molecular formula is C8H15NO2. The summed E-state index contributed by atoms with van der Waals surface area (Å²) in [5.74, 6) is 0.449. The molecule has 0 fully saturated rings. The molecule has 0 spiro atoms. The Balaban J connectivity index is 0. The first-order valence-corrected chi connectivity index (χ1v) is 3.61. The lowest BCUT2D eigenvalue weighted by Gasteiger charge is -1.98. The maximum absolute atomic E-state index is 9.49. The first-order valence-electron chi connectivity index (χ1n) is 3.61. The topological polar surface area (TPSA) is 50.1 Å². The van der Waals surface area contributed by atoms with Crippen molar-refractivity contribution in [1.29, 1.82) is 5.26 Å². The van der Waals surface area contributed by atoms with Gasteiger partial charge < -0.3 is 4.74 Å². The van der Waals surface area contributed by atoms with Crippen LogP contribution in [0, 0.1) is 17.2 Å². The molecule has 0 aromatic carbocycles. The van der Waals surface area contributed by atoms with Crippen LogP contribution >= 0.6 is 0 Å². The minimum atomic E-state index is 0.449. The lowest BCUT2D eigenvalue weighted by atomic mass is 10.2. The summed E-state index contributed by atoms with van der Waals surface area (Å²) in [4.78, 5) is 9.49. The van der Waals surface area contributed by atoms with E-state index in [9.17, 15) is 4.79 Å². The highest BCUT2D eigenvalue weighted by atomic mass is 16.5. The Hall–Kier alpha value is -1.04. The van der Waals surface area contributed by atoms with Gasteiger partial charge in [-0.25, -0.2) is 0 Å². The molecule has 0 aliphatic rings. The molecule has 0 N–H and O–H groups in total. The van der Waals surface area contributed by atoms with E-state index in [0.717, 1.165) is 0 Å². The van der Waals surface area contributed by atoms with Gasteiger partial charge in [0.2, 0.25) is 0 Å². The van der Waals surface area contributed by atoms with Gasteiger partial charge >= 0.3 is 0 Å². The van der Waals surface area contributed by atoms with E-state index in [1.807, 2.05) is 26.8 Å². The summed E-state index contributed by atoms with van der Waals surface area (Å²) in [5, 5.41) is 7.62. The smallest absolute Gasteiger partial charge is 0.293 e. The zero-order valence-electron chi connectivity index (χ0n) is 7.33. The fourth-order valence-electron chi connectivity index (χ4n) is 0.232. The molecule has 0 rings (SSSR count). The normalized spacial score (nSPS) is 7.55. The van der Waals surface area contributed by atoms with Gasteiger partial charge in [-0.15, -0.1) is 0 Å². The van der Waals surface area contributed by atoms with E-state index in [2.05, 4.69) is 4.74 Å². The molecule has 11 heavy (non-hydrogen) atoms. The number of carbonyl (C=O) groups is 1. The predicted octanol–water partition coefficient (Wildman–Crippen LogP) is 1.74. The van der Waals surface area contributed by atoms with Crippen LogP contribution in [0.5, 0.6) is 0 Å². The summed E-state index contributed by atoms with van der Waals surface area (Å²) in [7, 11) is 0. The molecule has 0 aromatic rings. The third-order valence-electron chi connectivity index (χ3n) is 0.656. The molecule has 0 saturated carbocycles. The molecule has 3 nitrogen and oxygen atoms in total. The maximum atomic E-state index is 9.49. The largest absolute Gasteiger partial charge is 0.468 e. The summed E-state index contributed by atoms with van der Waals surface area (Å²) in [5.41, 5.74) is 0. The Morgan fingerprint density at radius 2 is 2.09 bits per heavy atom. The first-order chi connectivity index (χ1) is 5.18. The highest BCUT2D eigenvalue weighted by molar-refractivity contribution is 5.36. The summed E-state index contributed by atoms with van der Waals surface area (Å²) in [6.07, 6.45) is 0.625. The fraction of sp³-hybridized carbons (Fsp3) is 0.750. The Morgan fingerprint density at radius 1 is 1.64 bits per heavy atom.